The molecular formula is C26H31ClN4O5S. The van der Waals surface area contributed by atoms with Crippen LogP contribution in [-0.2, 0) is 19.6 Å². The number of carbonyl (C=O) groups is 2. The highest BCUT2D eigenvalue weighted by Gasteiger charge is 2.39. The Morgan fingerprint density at radius 2 is 1.78 bits per heavy atom. The van der Waals surface area contributed by atoms with Gasteiger partial charge in [-0.25, -0.2) is 18.0 Å². The summed E-state index contributed by atoms with van der Waals surface area (Å²) in [6, 6.07) is 14.1. The first kappa shape index (κ1) is 27.1. The zero-order valence-electron chi connectivity index (χ0n) is 21.1. The van der Waals surface area contributed by atoms with Gasteiger partial charge in [0.05, 0.1) is 23.1 Å². The van der Waals surface area contributed by atoms with Gasteiger partial charge in [0.15, 0.2) is 0 Å². The number of hydrogen-bond donors (Lipinski definition) is 1. The molecule has 1 saturated heterocycles. The van der Waals surface area contributed by atoms with E-state index in [1.54, 1.807) is 26.1 Å². The number of sulfonamides is 1. The maximum Gasteiger partial charge on any atom is 0.338 e. The molecule has 1 fully saturated rings. The molecule has 198 valence electrons. The summed E-state index contributed by atoms with van der Waals surface area (Å²) in [7, 11) is -2.07. The molecule has 11 heteroatoms. The van der Waals surface area contributed by atoms with Gasteiger partial charge in [0.1, 0.15) is 0 Å². The molecule has 0 bridgehead atoms. The second kappa shape index (κ2) is 11.2. The molecule has 1 N–H and O–H groups in total. The molecule has 2 amide bonds. The van der Waals surface area contributed by atoms with E-state index in [1.165, 1.54) is 21.3 Å². The van der Waals surface area contributed by atoms with Gasteiger partial charge < -0.3 is 10.1 Å². The van der Waals surface area contributed by atoms with Gasteiger partial charge in [-0.05, 0) is 43.7 Å². The highest BCUT2D eigenvalue weighted by Crippen LogP contribution is 2.32. The molecule has 0 spiro atoms. The average molecular weight is 547 g/mol. The van der Waals surface area contributed by atoms with Crippen LogP contribution in [0.5, 0.6) is 0 Å². The number of hydrogen-bond acceptors (Lipinski definition) is 6. The maximum atomic E-state index is 13.2. The van der Waals surface area contributed by atoms with E-state index in [9.17, 15) is 18.0 Å². The molecule has 2 aromatic carbocycles. The number of nitrogens with zero attached hydrogens (tertiary/aromatic N) is 3. The van der Waals surface area contributed by atoms with E-state index in [2.05, 4.69) is 10.2 Å². The van der Waals surface area contributed by atoms with Crippen LogP contribution in [0.4, 0.5) is 4.79 Å². The molecule has 37 heavy (non-hydrogen) atoms. The number of carbonyl (C=O) groups excluding carboxylic acids is 2. The molecule has 0 unspecified atom stereocenters. The summed E-state index contributed by atoms with van der Waals surface area (Å²) in [4.78, 5) is 29.7. The Labute approximate surface area is 222 Å². The minimum Gasteiger partial charge on any atom is -0.463 e. The van der Waals surface area contributed by atoms with Gasteiger partial charge >= 0.3 is 12.0 Å². The van der Waals surface area contributed by atoms with Crippen LogP contribution in [0.25, 0.3) is 0 Å². The van der Waals surface area contributed by atoms with Crippen LogP contribution in [0.3, 0.4) is 0 Å². The van der Waals surface area contributed by atoms with Gasteiger partial charge in [-0.15, -0.1) is 0 Å². The fourth-order valence-electron chi connectivity index (χ4n) is 4.76. The van der Waals surface area contributed by atoms with Gasteiger partial charge in [0.2, 0.25) is 10.0 Å². The Morgan fingerprint density at radius 1 is 1.11 bits per heavy atom. The lowest BCUT2D eigenvalue weighted by Gasteiger charge is -2.41. The van der Waals surface area contributed by atoms with Crippen LogP contribution >= 0.6 is 11.6 Å². The monoisotopic (exact) mass is 546 g/mol. The van der Waals surface area contributed by atoms with Crippen molar-refractivity contribution in [1.82, 2.24) is 19.4 Å². The predicted octanol–water partition coefficient (Wildman–Crippen LogP) is 3.25. The number of ether oxygens (including phenoxy) is 1. The molecule has 2 aliphatic rings. The quantitative estimate of drug-likeness (QED) is 0.535. The maximum absolute atomic E-state index is 13.2. The first-order valence-corrected chi connectivity index (χ1v) is 13.9. The highest BCUT2D eigenvalue weighted by molar-refractivity contribution is 7.89. The van der Waals surface area contributed by atoms with Gasteiger partial charge in [0, 0.05) is 50.0 Å². The first-order valence-electron chi connectivity index (χ1n) is 12.1. The SMILES string of the molecule is CCOC(=O)C1=C(CN2CCN(S(=O)(=O)c3ccc(Cl)cc3)[C@@H](C)C2)N(C)C(=O)N[C@H]1c1ccccc1. The number of likely N-dealkylation sites (N-methyl/N-ethyl adjacent to an activating group) is 1. The zero-order valence-corrected chi connectivity index (χ0v) is 22.6. The Bertz CT molecular complexity index is 1280. The Morgan fingerprint density at radius 3 is 2.41 bits per heavy atom. The molecule has 9 nitrogen and oxygen atoms in total. The normalized spacial score (nSPS) is 21.6. The third kappa shape index (κ3) is 5.67. The average Bonchev–Trinajstić information content (AvgIpc) is 2.87. The van der Waals surface area contributed by atoms with Crippen LogP contribution in [0, 0.1) is 0 Å². The Balaban J connectivity index is 1.61. The molecule has 0 radical (unpaired) electrons. The minimum atomic E-state index is -3.69. The lowest BCUT2D eigenvalue weighted by molar-refractivity contribution is -0.139. The molecule has 0 aliphatic carbocycles. The van der Waals surface area contributed by atoms with Gasteiger partial charge in [0.25, 0.3) is 0 Å². The smallest absolute Gasteiger partial charge is 0.338 e. The van der Waals surface area contributed by atoms with Crippen molar-refractivity contribution in [2.75, 3.05) is 39.8 Å². The van der Waals surface area contributed by atoms with Gasteiger partial charge in [-0.1, -0.05) is 41.9 Å². The van der Waals surface area contributed by atoms with Crippen LogP contribution in [0.2, 0.25) is 5.02 Å². The number of benzene rings is 2. The standard InChI is InChI=1S/C26H31ClN4O5S/c1-4-36-25(32)23-22(29(3)26(33)28-24(23)19-8-6-5-7-9-19)17-30-14-15-31(18(2)16-30)37(34,35)21-12-10-20(27)11-13-21/h5-13,18,24H,4,14-17H2,1-3H3,(H,28,33)/t18-,24-/m0/s1. The summed E-state index contributed by atoms with van der Waals surface area (Å²) in [5, 5.41) is 3.38. The van der Waals surface area contributed by atoms with E-state index in [1.807, 2.05) is 37.3 Å². The number of urea groups is 1. The fraction of sp³-hybridized carbons (Fsp3) is 0.385. The number of halogens is 1. The summed E-state index contributed by atoms with van der Waals surface area (Å²) in [6.45, 7) is 5.22. The van der Waals surface area contributed by atoms with E-state index < -0.39 is 22.0 Å². The topological polar surface area (TPSA) is 99.3 Å². The van der Waals surface area contributed by atoms with Crippen molar-refractivity contribution in [3.8, 4) is 0 Å². The molecular weight excluding hydrogens is 516 g/mol. The highest BCUT2D eigenvalue weighted by atomic mass is 35.5. The molecule has 2 aromatic rings. The third-order valence-electron chi connectivity index (χ3n) is 6.65. The number of nitrogens with one attached hydrogen (secondary N) is 1. The van der Waals surface area contributed by atoms with Crippen molar-refractivity contribution in [2.24, 2.45) is 0 Å². The Kier molecular flexibility index (Phi) is 8.23. The van der Waals surface area contributed by atoms with Crippen molar-refractivity contribution in [2.45, 2.75) is 30.8 Å². The summed E-state index contributed by atoms with van der Waals surface area (Å²) < 4.78 is 33.4. The van der Waals surface area contributed by atoms with E-state index in [0.717, 1.165) is 5.56 Å². The number of piperazine rings is 1. The van der Waals surface area contributed by atoms with Crippen molar-refractivity contribution >= 4 is 33.6 Å². The molecule has 0 aromatic heterocycles. The first-order chi connectivity index (χ1) is 17.6. The van der Waals surface area contributed by atoms with Crippen molar-refractivity contribution in [3.63, 3.8) is 0 Å². The fourth-order valence-corrected chi connectivity index (χ4v) is 6.50. The van der Waals surface area contributed by atoms with Gasteiger partial charge in [-0.2, -0.15) is 4.31 Å². The minimum absolute atomic E-state index is 0.193. The second-order valence-corrected chi connectivity index (χ2v) is 11.4. The lowest BCUT2D eigenvalue weighted by Crippen LogP contribution is -2.56. The summed E-state index contributed by atoms with van der Waals surface area (Å²) in [5.74, 6) is -0.491. The van der Waals surface area contributed by atoms with Crippen molar-refractivity contribution in [3.05, 3.63) is 76.5 Å². The van der Waals surface area contributed by atoms with Crippen molar-refractivity contribution in [1.29, 1.82) is 0 Å². The summed E-state index contributed by atoms with van der Waals surface area (Å²) in [5.41, 5.74) is 1.69. The lowest BCUT2D eigenvalue weighted by atomic mass is 9.94. The van der Waals surface area contributed by atoms with Crippen LogP contribution < -0.4 is 5.32 Å². The van der Waals surface area contributed by atoms with E-state index >= 15 is 0 Å². The van der Waals surface area contributed by atoms with Crippen molar-refractivity contribution < 1.29 is 22.7 Å². The van der Waals surface area contributed by atoms with Crippen LogP contribution in [0.1, 0.15) is 25.5 Å². The van der Waals surface area contributed by atoms with E-state index in [4.69, 9.17) is 16.3 Å². The third-order valence-corrected chi connectivity index (χ3v) is 8.93. The number of rotatable bonds is 7. The number of esters is 1. The summed E-state index contributed by atoms with van der Waals surface area (Å²) in [6.07, 6.45) is 0. The largest absolute Gasteiger partial charge is 0.463 e. The van der Waals surface area contributed by atoms with Crippen LogP contribution in [0.15, 0.2) is 70.8 Å². The van der Waals surface area contributed by atoms with E-state index in [-0.39, 0.29) is 30.1 Å². The zero-order chi connectivity index (χ0) is 26.7. The predicted molar refractivity (Wildman–Crippen MR) is 140 cm³/mol. The Hall–Kier alpha value is -2.92. The number of amides is 2. The second-order valence-electron chi connectivity index (χ2n) is 9.09. The van der Waals surface area contributed by atoms with E-state index in [0.29, 0.717) is 35.9 Å². The van der Waals surface area contributed by atoms with Gasteiger partial charge in [-0.3, -0.25) is 9.80 Å². The molecule has 2 heterocycles. The van der Waals surface area contributed by atoms with Crippen LogP contribution in [-0.4, -0.2) is 80.4 Å². The molecule has 2 aliphatic heterocycles. The molecule has 4 rings (SSSR count). The molecule has 2 atom stereocenters. The molecule has 0 saturated carbocycles. The summed E-state index contributed by atoms with van der Waals surface area (Å²) >= 11 is 5.93.